The first-order valence-corrected chi connectivity index (χ1v) is 5.25. The Labute approximate surface area is 90.3 Å². The lowest BCUT2D eigenvalue weighted by atomic mass is 10.1. The van der Waals surface area contributed by atoms with Gasteiger partial charge in [-0.3, -0.25) is 0 Å². The largest absolute Gasteiger partial charge is 0.389 e. The predicted molar refractivity (Wildman–Crippen MR) is 60.6 cm³/mol. The van der Waals surface area contributed by atoms with Gasteiger partial charge < -0.3 is 10.0 Å². The number of halogens is 1. The number of hydrogen-bond acceptors (Lipinski definition) is 2. The molecule has 1 rings (SSSR count). The summed E-state index contributed by atoms with van der Waals surface area (Å²) in [6.07, 6.45) is 0.215. The van der Waals surface area contributed by atoms with Gasteiger partial charge in [0, 0.05) is 24.8 Å². The highest BCUT2D eigenvalue weighted by atomic mass is 19.1. The molecule has 0 radical (unpaired) electrons. The lowest BCUT2D eigenvalue weighted by Gasteiger charge is -2.23. The third-order valence-electron chi connectivity index (χ3n) is 2.42. The van der Waals surface area contributed by atoms with E-state index in [0.717, 1.165) is 18.7 Å². The molecule has 0 saturated carbocycles. The minimum Gasteiger partial charge on any atom is -0.389 e. The van der Waals surface area contributed by atoms with Crippen LogP contribution in [-0.2, 0) is 0 Å². The van der Waals surface area contributed by atoms with Crippen molar-refractivity contribution in [3.8, 4) is 0 Å². The summed E-state index contributed by atoms with van der Waals surface area (Å²) in [7, 11) is 1.91. The fourth-order valence-corrected chi connectivity index (χ4v) is 1.73. The van der Waals surface area contributed by atoms with Crippen molar-refractivity contribution < 1.29 is 9.50 Å². The van der Waals surface area contributed by atoms with E-state index in [1.54, 1.807) is 13.0 Å². The maximum Gasteiger partial charge on any atom is 0.131 e. The molecule has 3 heteroatoms. The molecule has 15 heavy (non-hydrogen) atoms. The quantitative estimate of drug-likeness (QED) is 0.827. The van der Waals surface area contributed by atoms with E-state index in [4.69, 9.17) is 0 Å². The molecule has 0 unspecified atom stereocenters. The molecule has 0 amide bonds. The van der Waals surface area contributed by atoms with Gasteiger partial charge in [-0.2, -0.15) is 0 Å². The van der Waals surface area contributed by atoms with Gasteiger partial charge in [0.2, 0.25) is 0 Å². The number of nitrogens with zero attached hydrogens (tertiary/aromatic N) is 1. The molecular formula is C12H18FNO. The smallest absolute Gasteiger partial charge is 0.131 e. The van der Waals surface area contributed by atoms with Crippen molar-refractivity contribution in [3.05, 3.63) is 29.6 Å². The van der Waals surface area contributed by atoms with Crippen LogP contribution < -0.4 is 4.90 Å². The maximum absolute atomic E-state index is 13.5. The van der Waals surface area contributed by atoms with Gasteiger partial charge in [0.15, 0.2) is 0 Å². The zero-order chi connectivity index (χ0) is 11.4. The number of anilines is 1. The van der Waals surface area contributed by atoms with Crippen LogP contribution in [0.3, 0.4) is 0 Å². The van der Waals surface area contributed by atoms with Crippen LogP contribution in [-0.4, -0.2) is 18.7 Å². The Morgan fingerprint density at radius 3 is 2.67 bits per heavy atom. The summed E-state index contributed by atoms with van der Waals surface area (Å²) in [5.74, 6) is -0.342. The Bertz CT molecular complexity index is 325. The van der Waals surface area contributed by atoms with Crippen LogP contribution in [0.5, 0.6) is 0 Å². The van der Waals surface area contributed by atoms with Gasteiger partial charge in [-0.05, 0) is 25.5 Å². The average Bonchev–Trinajstić information content (AvgIpc) is 2.17. The van der Waals surface area contributed by atoms with E-state index >= 15 is 0 Å². The van der Waals surface area contributed by atoms with Gasteiger partial charge in [0.05, 0.1) is 6.10 Å². The molecule has 0 saturated heterocycles. The van der Waals surface area contributed by atoms with E-state index in [-0.39, 0.29) is 5.82 Å². The van der Waals surface area contributed by atoms with Crippen LogP contribution in [0.25, 0.3) is 0 Å². The fourth-order valence-electron chi connectivity index (χ4n) is 1.73. The average molecular weight is 211 g/mol. The summed E-state index contributed by atoms with van der Waals surface area (Å²) in [4.78, 5) is 1.96. The Hall–Kier alpha value is -1.09. The minimum absolute atomic E-state index is 0.342. The van der Waals surface area contributed by atoms with Crippen LogP contribution in [0, 0.1) is 5.82 Å². The van der Waals surface area contributed by atoms with Crippen molar-refractivity contribution in [2.45, 2.75) is 26.4 Å². The van der Waals surface area contributed by atoms with Gasteiger partial charge in [-0.1, -0.05) is 13.0 Å². The van der Waals surface area contributed by atoms with Crippen LogP contribution in [0.4, 0.5) is 10.1 Å². The molecule has 0 fully saturated rings. The predicted octanol–water partition coefficient (Wildman–Crippen LogP) is 2.73. The molecule has 0 spiro atoms. The first-order valence-electron chi connectivity index (χ1n) is 5.25. The molecule has 2 nitrogen and oxygen atoms in total. The van der Waals surface area contributed by atoms with Crippen molar-refractivity contribution >= 4 is 5.69 Å². The van der Waals surface area contributed by atoms with Crippen LogP contribution >= 0.6 is 0 Å². The van der Waals surface area contributed by atoms with Gasteiger partial charge >= 0.3 is 0 Å². The second-order valence-electron chi connectivity index (χ2n) is 3.77. The normalized spacial score (nSPS) is 12.6. The van der Waals surface area contributed by atoms with Crippen molar-refractivity contribution in [1.82, 2.24) is 0 Å². The zero-order valence-corrected chi connectivity index (χ0v) is 9.50. The molecule has 0 aromatic heterocycles. The fraction of sp³-hybridized carbons (Fsp3) is 0.500. The van der Waals surface area contributed by atoms with Crippen molar-refractivity contribution in [1.29, 1.82) is 0 Å². The third kappa shape index (κ3) is 2.69. The van der Waals surface area contributed by atoms with E-state index in [9.17, 15) is 9.50 Å². The summed E-state index contributed by atoms with van der Waals surface area (Å²) in [6, 6.07) is 4.88. The monoisotopic (exact) mass is 211 g/mol. The molecule has 0 bridgehead atoms. The number of benzene rings is 1. The minimum atomic E-state index is -0.777. The zero-order valence-electron chi connectivity index (χ0n) is 9.50. The summed E-state index contributed by atoms with van der Waals surface area (Å²) < 4.78 is 13.5. The molecular weight excluding hydrogens is 193 g/mol. The van der Waals surface area contributed by atoms with Crippen LogP contribution in [0.2, 0.25) is 0 Å². The summed E-state index contributed by atoms with van der Waals surface area (Å²) in [5, 5.41) is 9.54. The summed E-state index contributed by atoms with van der Waals surface area (Å²) in [6.45, 7) is 4.50. The van der Waals surface area contributed by atoms with Gasteiger partial charge in [-0.15, -0.1) is 0 Å². The lowest BCUT2D eigenvalue weighted by molar-refractivity contribution is 0.194. The van der Waals surface area contributed by atoms with E-state index in [1.165, 1.54) is 6.07 Å². The SMILES string of the molecule is CCCN(C)c1cccc(F)c1[C@@H](C)O. The molecule has 0 heterocycles. The number of hydrogen-bond donors (Lipinski definition) is 1. The highest BCUT2D eigenvalue weighted by Gasteiger charge is 2.15. The molecule has 1 aromatic rings. The Morgan fingerprint density at radius 1 is 1.47 bits per heavy atom. The topological polar surface area (TPSA) is 23.5 Å². The van der Waals surface area contributed by atoms with Gasteiger partial charge in [0.1, 0.15) is 5.82 Å². The molecule has 1 N–H and O–H groups in total. The number of aliphatic hydroxyl groups excluding tert-OH is 1. The van der Waals surface area contributed by atoms with E-state index in [0.29, 0.717) is 5.56 Å². The van der Waals surface area contributed by atoms with Crippen molar-refractivity contribution in [2.75, 3.05) is 18.5 Å². The highest BCUT2D eigenvalue weighted by molar-refractivity contribution is 5.54. The molecule has 1 aromatic carbocycles. The summed E-state index contributed by atoms with van der Waals surface area (Å²) in [5.41, 5.74) is 1.15. The molecule has 0 aliphatic rings. The Balaban J connectivity index is 3.10. The highest BCUT2D eigenvalue weighted by Crippen LogP contribution is 2.28. The van der Waals surface area contributed by atoms with E-state index in [1.807, 2.05) is 18.0 Å². The van der Waals surface area contributed by atoms with Crippen molar-refractivity contribution in [3.63, 3.8) is 0 Å². The van der Waals surface area contributed by atoms with Gasteiger partial charge in [0.25, 0.3) is 0 Å². The lowest BCUT2D eigenvalue weighted by Crippen LogP contribution is -2.20. The first-order chi connectivity index (χ1) is 7.07. The third-order valence-corrected chi connectivity index (χ3v) is 2.42. The number of aliphatic hydroxyl groups is 1. The van der Waals surface area contributed by atoms with Crippen LogP contribution in [0.1, 0.15) is 31.9 Å². The Kier molecular flexibility index (Phi) is 4.09. The maximum atomic E-state index is 13.5. The van der Waals surface area contributed by atoms with Gasteiger partial charge in [-0.25, -0.2) is 4.39 Å². The first kappa shape index (κ1) is 12.0. The van der Waals surface area contributed by atoms with E-state index < -0.39 is 6.10 Å². The van der Waals surface area contributed by atoms with Crippen molar-refractivity contribution in [2.24, 2.45) is 0 Å². The second kappa shape index (κ2) is 5.12. The number of rotatable bonds is 4. The standard InChI is InChI=1S/C12H18FNO/c1-4-8-14(3)11-7-5-6-10(13)12(11)9(2)15/h5-7,9,15H,4,8H2,1-3H3/t9-/m1/s1. The molecule has 1 atom stereocenters. The van der Waals surface area contributed by atoms with E-state index in [2.05, 4.69) is 6.92 Å². The molecule has 0 aliphatic carbocycles. The molecule has 84 valence electrons. The Morgan fingerprint density at radius 2 is 2.13 bits per heavy atom. The second-order valence-corrected chi connectivity index (χ2v) is 3.77. The van der Waals surface area contributed by atoms with Crippen LogP contribution in [0.15, 0.2) is 18.2 Å². The molecule has 0 aliphatic heterocycles. The summed E-state index contributed by atoms with van der Waals surface area (Å²) >= 11 is 0.